The van der Waals surface area contributed by atoms with Crippen LogP contribution in [0, 0.1) is 23.7 Å². The van der Waals surface area contributed by atoms with Crippen molar-refractivity contribution in [3.05, 3.63) is 0 Å². The summed E-state index contributed by atoms with van der Waals surface area (Å²) in [6.45, 7) is 6.14. The third-order valence-electron chi connectivity index (χ3n) is 4.15. The summed E-state index contributed by atoms with van der Waals surface area (Å²) in [5.41, 5.74) is 0. The van der Waals surface area contributed by atoms with Gasteiger partial charge in [0.15, 0.2) is 0 Å². The topological polar surface area (TPSA) is 26.3 Å². The molecular weight excluding hydrogens is 164 g/mol. The van der Waals surface area contributed by atoms with E-state index in [2.05, 4.69) is 13.8 Å². The Hall–Kier alpha value is -0.530. The van der Waals surface area contributed by atoms with E-state index in [0.29, 0.717) is 5.92 Å². The van der Waals surface area contributed by atoms with Crippen LogP contribution in [0.4, 0.5) is 0 Å². The van der Waals surface area contributed by atoms with Crippen LogP contribution in [-0.4, -0.2) is 12.1 Å². The van der Waals surface area contributed by atoms with Crippen LogP contribution in [0.2, 0.25) is 0 Å². The van der Waals surface area contributed by atoms with Gasteiger partial charge in [0.1, 0.15) is 6.10 Å². The highest BCUT2D eigenvalue weighted by Gasteiger charge is 2.50. The standard InChI is InChI=1S/C11H18O2/c1-6-7(2)10-4-9(6)5-11(10)13-8(3)12/h6-7,9-11H,4-5H2,1-3H3/t6?,7?,9-,10+,11?/m0/s1. The maximum absolute atomic E-state index is 10.8. The predicted molar refractivity (Wildman–Crippen MR) is 50.1 cm³/mol. The molecule has 0 heterocycles. The Labute approximate surface area is 79.7 Å². The molecule has 2 nitrogen and oxygen atoms in total. The first-order chi connectivity index (χ1) is 6.09. The van der Waals surface area contributed by atoms with Crippen LogP contribution >= 0.6 is 0 Å². The summed E-state index contributed by atoms with van der Waals surface area (Å²) in [6.07, 6.45) is 2.62. The van der Waals surface area contributed by atoms with E-state index in [4.69, 9.17) is 4.74 Å². The second-order valence-electron chi connectivity index (χ2n) is 4.76. The van der Waals surface area contributed by atoms with Gasteiger partial charge in [-0.15, -0.1) is 0 Å². The quantitative estimate of drug-likeness (QED) is 0.581. The van der Waals surface area contributed by atoms with Crippen LogP contribution in [0.3, 0.4) is 0 Å². The summed E-state index contributed by atoms with van der Waals surface area (Å²) in [5, 5.41) is 0. The molecule has 0 saturated heterocycles. The van der Waals surface area contributed by atoms with Gasteiger partial charge >= 0.3 is 5.97 Å². The molecule has 0 spiro atoms. The SMILES string of the molecule is CC(=O)OC1C[C@@H]2C[C@@H]1C(C)C2C. The first kappa shape index (κ1) is 9.04. The fourth-order valence-electron chi connectivity index (χ4n) is 3.22. The van der Waals surface area contributed by atoms with E-state index < -0.39 is 0 Å². The molecule has 13 heavy (non-hydrogen) atoms. The molecule has 2 fully saturated rings. The van der Waals surface area contributed by atoms with Gasteiger partial charge in [0.25, 0.3) is 0 Å². The smallest absolute Gasteiger partial charge is 0.302 e. The minimum atomic E-state index is -0.114. The number of rotatable bonds is 1. The predicted octanol–water partition coefficient (Wildman–Crippen LogP) is 2.23. The molecule has 0 aromatic carbocycles. The zero-order chi connectivity index (χ0) is 9.59. The first-order valence-electron chi connectivity index (χ1n) is 5.26. The van der Waals surface area contributed by atoms with Crippen molar-refractivity contribution in [2.45, 2.75) is 39.7 Å². The normalized spacial score (nSPS) is 48.1. The van der Waals surface area contributed by atoms with Gasteiger partial charge in [-0.25, -0.2) is 0 Å². The molecule has 2 rings (SSSR count). The maximum atomic E-state index is 10.8. The van der Waals surface area contributed by atoms with E-state index in [1.807, 2.05) is 0 Å². The van der Waals surface area contributed by atoms with E-state index >= 15 is 0 Å². The van der Waals surface area contributed by atoms with E-state index in [-0.39, 0.29) is 12.1 Å². The molecule has 5 atom stereocenters. The van der Waals surface area contributed by atoms with E-state index in [0.717, 1.165) is 24.2 Å². The number of carbonyl (C=O) groups is 1. The van der Waals surface area contributed by atoms with Gasteiger partial charge < -0.3 is 4.74 Å². The Morgan fingerprint density at radius 3 is 2.38 bits per heavy atom. The third kappa shape index (κ3) is 1.36. The molecule has 2 bridgehead atoms. The van der Waals surface area contributed by atoms with Crippen molar-refractivity contribution >= 4 is 5.97 Å². The molecule has 2 aliphatic carbocycles. The van der Waals surface area contributed by atoms with Crippen molar-refractivity contribution in [1.29, 1.82) is 0 Å². The van der Waals surface area contributed by atoms with Crippen molar-refractivity contribution in [3.63, 3.8) is 0 Å². The number of esters is 1. The molecule has 0 N–H and O–H groups in total. The van der Waals surface area contributed by atoms with E-state index in [9.17, 15) is 4.79 Å². The summed E-state index contributed by atoms with van der Waals surface area (Å²) in [5.74, 6) is 2.91. The van der Waals surface area contributed by atoms with Crippen LogP contribution in [0.25, 0.3) is 0 Å². The molecule has 2 heteroatoms. The van der Waals surface area contributed by atoms with E-state index in [1.54, 1.807) is 0 Å². The number of hydrogen-bond donors (Lipinski definition) is 0. The number of fused-ring (bicyclic) bond motifs is 2. The first-order valence-corrected chi connectivity index (χ1v) is 5.26. The molecule has 2 saturated carbocycles. The van der Waals surface area contributed by atoms with Gasteiger partial charge in [-0.05, 0) is 36.5 Å². The summed E-state index contributed by atoms with van der Waals surface area (Å²) >= 11 is 0. The molecule has 2 aliphatic rings. The molecule has 0 aromatic heterocycles. The molecule has 74 valence electrons. The lowest BCUT2D eigenvalue weighted by Gasteiger charge is -2.30. The van der Waals surface area contributed by atoms with Gasteiger partial charge in [0.05, 0.1) is 0 Å². The van der Waals surface area contributed by atoms with Crippen molar-refractivity contribution in [2.75, 3.05) is 0 Å². The zero-order valence-electron chi connectivity index (χ0n) is 8.62. The van der Waals surface area contributed by atoms with Crippen molar-refractivity contribution in [1.82, 2.24) is 0 Å². The third-order valence-corrected chi connectivity index (χ3v) is 4.15. The second-order valence-corrected chi connectivity index (χ2v) is 4.76. The Balaban J connectivity index is 2.02. The average molecular weight is 182 g/mol. The Morgan fingerprint density at radius 2 is 1.92 bits per heavy atom. The molecule has 0 aromatic rings. The summed E-state index contributed by atoms with van der Waals surface area (Å²) in [6, 6.07) is 0. The van der Waals surface area contributed by atoms with Crippen LogP contribution in [-0.2, 0) is 9.53 Å². The molecule has 3 unspecified atom stereocenters. The largest absolute Gasteiger partial charge is 0.462 e. The Bertz CT molecular complexity index is 222. The minimum Gasteiger partial charge on any atom is -0.462 e. The fraction of sp³-hybridized carbons (Fsp3) is 0.909. The van der Waals surface area contributed by atoms with Crippen LogP contribution in [0.1, 0.15) is 33.6 Å². The van der Waals surface area contributed by atoms with Gasteiger partial charge in [0, 0.05) is 6.92 Å². The fourth-order valence-corrected chi connectivity index (χ4v) is 3.22. The number of hydrogen-bond acceptors (Lipinski definition) is 2. The van der Waals surface area contributed by atoms with Crippen molar-refractivity contribution < 1.29 is 9.53 Å². The summed E-state index contributed by atoms with van der Waals surface area (Å²) in [7, 11) is 0. The molecule has 0 aliphatic heterocycles. The highest BCUT2D eigenvalue weighted by atomic mass is 16.5. The minimum absolute atomic E-state index is 0.114. The molecular formula is C11H18O2. The lowest BCUT2D eigenvalue weighted by molar-refractivity contribution is -0.150. The van der Waals surface area contributed by atoms with Gasteiger partial charge in [-0.2, -0.15) is 0 Å². The van der Waals surface area contributed by atoms with Gasteiger partial charge in [-0.3, -0.25) is 4.79 Å². The van der Waals surface area contributed by atoms with Crippen LogP contribution in [0.5, 0.6) is 0 Å². The summed E-state index contributed by atoms with van der Waals surface area (Å²) in [4.78, 5) is 10.8. The monoisotopic (exact) mass is 182 g/mol. The maximum Gasteiger partial charge on any atom is 0.302 e. The molecule has 0 radical (unpaired) electrons. The second kappa shape index (κ2) is 3.00. The lowest BCUT2D eigenvalue weighted by Crippen LogP contribution is -2.31. The highest BCUT2D eigenvalue weighted by molar-refractivity contribution is 5.66. The number of ether oxygens (including phenoxy) is 1. The van der Waals surface area contributed by atoms with Crippen molar-refractivity contribution in [3.8, 4) is 0 Å². The Morgan fingerprint density at radius 1 is 1.23 bits per heavy atom. The molecule has 0 amide bonds. The number of carbonyl (C=O) groups excluding carboxylic acids is 1. The lowest BCUT2D eigenvalue weighted by atomic mass is 9.80. The van der Waals surface area contributed by atoms with Gasteiger partial charge in [-0.1, -0.05) is 13.8 Å². The van der Waals surface area contributed by atoms with E-state index in [1.165, 1.54) is 13.3 Å². The Kier molecular flexibility index (Phi) is 2.09. The van der Waals surface area contributed by atoms with Crippen LogP contribution < -0.4 is 0 Å². The van der Waals surface area contributed by atoms with Gasteiger partial charge in [0.2, 0.25) is 0 Å². The van der Waals surface area contributed by atoms with Crippen LogP contribution in [0.15, 0.2) is 0 Å². The summed E-state index contributed by atoms with van der Waals surface area (Å²) < 4.78 is 5.32. The zero-order valence-corrected chi connectivity index (χ0v) is 8.62. The average Bonchev–Trinajstić information content (AvgIpc) is 2.53. The van der Waals surface area contributed by atoms with Crippen molar-refractivity contribution in [2.24, 2.45) is 23.7 Å². The highest BCUT2D eigenvalue weighted by Crippen LogP contribution is 2.52.